The van der Waals surface area contributed by atoms with Crippen molar-refractivity contribution in [2.24, 2.45) is 0 Å². The summed E-state index contributed by atoms with van der Waals surface area (Å²) < 4.78 is 7.37. The van der Waals surface area contributed by atoms with E-state index in [2.05, 4.69) is 16.4 Å². The van der Waals surface area contributed by atoms with Crippen LogP contribution >= 0.6 is 0 Å². The molecule has 3 rings (SSSR count). The fourth-order valence-electron chi connectivity index (χ4n) is 2.33. The molecule has 0 N–H and O–H groups in total. The second-order valence-corrected chi connectivity index (χ2v) is 4.50. The van der Waals surface area contributed by atoms with Gasteiger partial charge in [0, 0.05) is 5.56 Å². The average molecular weight is 253 g/mol. The summed E-state index contributed by atoms with van der Waals surface area (Å²) in [7, 11) is 1.70. The highest BCUT2D eigenvalue weighted by atomic mass is 16.5. The predicted molar refractivity (Wildman–Crippen MR) is 74.4 cm³/mol. The van der Waals surface area contributed by atoms with Crippen molar-refractivity contribution in [1.82, 2.24) is 15.0 Å². The van der Waals surface area contributed by atoms with Gasteiger partial charge in [0.2, 0.25) is 0 Å². The van der Waals surface area contributed by atoms with Crippen molar-refractivity contribution in [3.8, 4) is 5.75 Å². The van der Waals surface area contributed by atoms with Gasteiger partial charge in [-0.05, 0) is 24.6 Å². The molecule has 0 aliphatic rings. The summed E-state index contributed by atoms with van der Waals surface area (Å²) >= 11 is 0. The van der Waals surface area contributed by atoms with Crippen molar-refractivity contribution in [1.29, 1.82) is 0 Å². The molecular weight excluding hydrogens is 238 g/mol. The van der Waals surface area contributed by atoms with E-state index in [0.717, 1.165) is 27.9 Å². The zero-order chi connectivity index (χ0) is 13.2. The van der Waals surface area contributed by atoms with E-state index in [4.69, 9.17) is 4.74 Å². The third kappa shape index (κ3) is 2.05. The number of hydrogen-bond acceptors (Lipinski definition) is 3. The standard InChI is InChI=1S/C15H15N3O/c1-11-6-5-7-12(15(11)19-2)10-18-14-9-4-3-8-13(14)16-17-18/h3-9H,10H2,1-2H3. The van der Waals surface area contributed by atoms with Crippen LogP contribution in [0.5, 0.6) is 5.75 Å². The van der Waals surface area contributed by atoms with Crippen molar-refractivity contribution >= 4 is 11.0 Å². The molecule has 0 radical (unpaired) electrons. The van der Waals surface area contributed by atoms with E-state index >= 15 is 0 Å². The summed E-state index contributed by atoms with van der Waals surface area (Å²) in [5.74, 6) is 0.919. The molecule has 19 heavy (non-hydrogen) atoms. The first-order chi connectivity index (χ1) is 9.29. The maximum Gasteiger partial charge on any atom is 0.126 e. The number of nitrogens with zero attached hydrogens (tertiary/aromatic N) is 3. The van der Waals surface area contributed by atoms with E-state index in [1.807, 2.05) is 48.0 Å². The summed E-state index contributed by atoms with van der Waals surface area (Å²) in [6.45, 7) is 2.70. The quantitative estimate of drug-likeness (QED) is 0.720. The molecule has 1 heterocycles. The van der Waals surface area contributed by atoms with Crippen LogP contribution in [0.3, 0.4) is 0 Å². The van der Waals surface area contributed by atoms with Gasteiger partial charge in [-0.3, -0.25) is 0 Å². The Morgan fingerprint density at radius 1 is 1.11 bits per heavy atom. The molecule has 0 saturated heterocycles. The van der Waals surface area contributed by atoms with Crippen LogP contribution in [-0.4, -0.2) is 22.1 Å². The van der Waals surface area contributed by atoms with Crippen molar-refractivity contribution in [2.75, 3.05) is 7.11 Å². The van der Waals surface area contributed by atoms with Gasteiger partial charge in [0.05, 0.1) is 19.2 Å². The van der Waals surface area contributed by atoms with E-state index in [-0.39, 0.29) is 0 Å². The molecule has 3 aromatic rings. The lowest BCUT2D eigenvalue weighted by Crippen LogP contribution is -2.04. The molecule has 0 aliphatic carbocycles. The second-order valence-electron chi connectivity index (χ2n) is 4.50. The number of para-hydroxylation sites is 2. The number of aromatic nitrogens is 3. The fourth-order valence-corrected chi connectivity index (χ4v) is 2.33. The second kappa shape index (κ2) is 4.72. The Balaban J connectivity index is 2.04. The van der Waals surface area contributed by atoms with Gasteiger partial charge < -0.3 is 4.74 Å². The van der Waals surface area contributed by atoms with Crippen LogP contribution in [-0.2, 0) is 6.54 Å². The third-order valence-electron chi connectivity index (χ3n) is 3.24. The molecule has 0 spiro atoms. The van der Waals surface area contributed by atoms with E-state index in [1.54, 1.807) is 7.11 Å². The number of hydrogen-bond donors (Lipinski definition) is 0. The van der Waals surface area contributed by atoms with Crippen LogP contribution < -0.4 is 4.74 Å². The number of methoxy groups -OCH3 is 1. The molecular formula is C15H15N3O. The topological polar surface area (TPSA) is 39.9 Å². The first-order valence-electron chi connectivity index (χ1n) is 6.20. The van der Waals surface area contributed by atoms with Crippen LogP contribution in [0.4, 0.5) is 0 Å². The summed E-state index contributed by atoms with van der Waals surface area (Å²) in [4.78, 5) is 0. The number of rotatable bonds is 3. The Hall–Kier alpha value is -2.36. The molecule has 0 atom stereocenters. The highest BCUT2D eigenvalue weighted by Gasteiger charge is 2.09. The van der Waals surface area contributed by atoms with E-state index in [9.17, 15) is 0 Å². The first kappa shape index (κ1) is 11.7. The number of aryl methyl sites for hydroxylation is 1. The van der Waals surface area contributed by atoms with Crippen molar-refractivity contribution in [2.45, 2.75) is 13.5 Å². The van der Waals surface area contributed by atoms with E-state index < -0.39 is 0 Å². The molecule has 0 fully saturated rings. The maximum absolute atomic E-state index is 5.48. The Kier molecular flexibility index (Phi) is 2.91. The molecule has 0 bridgehead atoms. The van der Waals surface area contributed by atoms with E-state index in [1.165, 1.54) is 0 Å². The van der Waals surface area contributed by atoms with E-state index in [0.29, 0.717) is 6.54 Å². The lowest BCUT2D eigenvalue weighted by atomic mass is 10.1. The molecule has 0 saturated carbocycles. The summed E-state index contributed by atoms with van der Waals surface area (Å²) in [5.41, 5.74) is 4.18. The van der Waals surface area contributed by atoms with Crippen LogP contribution in [0.1, 0.15) is 11.1 Å². The first-order valence-corrected chi connectivity index (χ1v) is 6.20. The van der Waals surface area contributed by atoms with Gasteiger partial charge >= 0.3 is 0 Å². The Bertz CT molecular complexity index is 718. The van der Waals surface area contributed by atoms with Crippen LogP contribution in [0.25, 0.3) is 11.0 Å². The third-order valence-corrected chi connectivity index (χ3v) is 3.24. The normalized spacial score (nSPS) is 10.8. The van der Waals surface area contributed by atoms with Gasteiger partial charge in [0.15, 0.2) is 0 Å². The van der Waals surface area contributed by atoms with Gasteiger partial charge in [-0.2, -0.15) is 0 Å². The Morgan fingerprint density at radius 3 is 2.79 bits per heavy atom. The smallest absolute Gasteiger partial charge is 0.126 e. The minimum Gasteiger partial charge on any atom is -0.496 e. The predicted octanol–water partition coefficient (Wildman–Crippen LogP) is 2.80. The Labute approximate surface area is 111 Å². The maximum atomic E-state index is 5.48. The Morgan fingerprint density at radius 2 is 1.95 bits per heavy atom. The lowest BCUT2D eigenvalue weighted by Gasteiger charge is -2.11. The zero-order valence-electron chi connectivity index (χ0n) is 11.0. The van der Waals surface area contributed by atoms with Crippen molar-refractivity contribution in [3.63, 3.8) is 0 Å². The van der Waals surface area contributed by atoms with Gasteiger partial charge in [0.1, 0.15) is 11.3 Å². The molecule has 0 unspecified atom stereocenters. The monoisotopic (exact) mass is 253 g/mol. The highest BCUT2D eigenvalue weighted by Crippen LogP contribution is 2.24. The molecule has 96 valence electrons. The summed E-state index contributed by atoms with van der Waals surface area (Å²) in [6, 6.07) is 14.1. The van der Waals surface area contributed by atoms with Gasteiger partial charge in [0.25, 0.3) is 0 Å². The summed E-state index contributed by atoms with van der Waals surface area (Å²) in [5, 5.41) is 8.37. The minimum atomic E-state index is 0.658. The van der Waals surface area contributed by atoms with Crippen molar-refractivity contribution < 1.29 is 4.74 Å². The number of ether oxygens (including phenoxy) is 1. The van der Waals surface area contributed by atoms with Crippen LogP contribution in [0, 0.1) is 6.92 Å². The SMILES string of the molecule is COc1c(C)cccc1Cn1nnc2ccccc21. The largest absolute Gasteiger partial charge is 0.496 e. The molecule has 0 amide bonds. The molecule has 2 aromatic carbocycles. The average Bonchev–Trinajstić information content (AvgIpc) is 2.83. The molecule has 4 heteroatoms. The van der Waals surface area contributed by atoms with Gasteiger partial charge in [-0.1, -0.05) is 35.5 Å². The minimum absolute atomic E-state index is 0.658. The molecule has 4 nitrogen and oxygen atoms in total. The zero-order valence-corrected chi connectivity index (χ0v) is 11.0. The van der Waals surface area contributed by atoms with Crippen LogP contribution in [0.15, 0.2) is 42.5 Å². The molecule has 1 aromatic heterocycles. The van der Waals surface area contributed by atoms with Gasteiger partial charge in [-0.15, -0.1) is 5.10 Å². The van der Waals surface area contributed by atoms with Crippen molar-refractivity contribution in [3.05, 3.63) is 53.6 Å². The number of fused-ring (bicyclic) bond motifs is 1. The number of benzene rings is 2. The lowest BCUT2D eigenvalue weighted by molar-refractivity contribution is 0.404. The van der Waals surface area contributed by atoms with Crippen LogP contribution in [0.2, 0.25) is 0 Å². The summed E-state index contributed by atoms with van der Waals surface area (Å²) in [6.07, 6.45) is 0. The molecule has 0 aliphatic heterocycles. The fraction of sp³-hybridized carbons (Fsp3) is 0.200. The highest BCUT2D eigenvalue weighted by molar-refractivity contribution is 5.73. The van der Waals surface area contributed by atoms with Gasteiger partial charge in [-0.25, -0.2) is 4.68 Å².